The van der Waals surface area contributed by atoms with E-state index < -0.39 is 6.04 Å². The van der Waals surface area contributed by atoms with Gasteiger partial charge in [-0.1, -0.05) is 29.3 Å². The van der Waals surface area contributed by atoms with E-state index in [0.29, 0.717) is 34.3 Å². The number of carbonyl (C=O) groups excluding carboxylic acids is 2. The summed E-state index contributed by atoms with van der Waals surface area (Å²) >= 11 is 12.4. The van der Waals surface area contributed by atoms with Crippen LogP contribution in [0.15, 0.2) is 29.5 Å². The van der Waals surface area contributed by atoms with Crippen LogP contribution in [0.4, 0.5) is 4.79 Å². The van der Waals surface area contributed by atoms with Crippen LogP contribution in [0.5, 0.6) is 0 Å². The summed E-state index contributed by atoms with van der Waals surface area (Å²) < 4.78 is 5.37. The maximum Gasteiger partial charge on any atom is 0.322 e. The van der Waals surface area contributed by atoms with Gasteiger partial charge in [-0.05, 0) is 17.7 Å². The molecule has 1 saturated heterocycles. The van der Waals surface area contributed by atoms with Crippen molar-refractivity contribution in [3.63, 3.8) is 0 Å². The Bertz CT molecular complexity index is 838. The van der Waals surface area contributed by atoms with Crippen molar-refractivity contribution in [1.82, 2.24) is 20.0 Å². The van der Waals surface area contributed by atoms with Crippen molar-refractivity contribution < 1.29 is 14.3 Å². The molecule has 3 heterocycles. The predicted molar refractivity (Wildman–Crippen MR) is 106 cm³/mol. The molecule has 3 aliphatic rings. The number of amides is 3. The quantitative estimate of drug-likeness (QED) is 0.803. The van der Waals surface area contributed by atoms with Crippen LogP contribution in [0.1, 0.15) is 11.6 Å². The van der Waals surface area contributed by atoms with Crippen LogP contribution in [0.25, 0.3) is 0 Å². The third kappa shape index (κ3) is 3.59. The van der Waals surface area contributed by atoms with Gasteiger partial charge in [-0.15, -0.1) is 0 Å². The lowest BCUT2D eigenvalue weighted by molar-refractivity contribution is -0.126. The Hall–Kier alpha value is -1.80. The highest BCUT2D eigenvalue weighted by Crippen LogP contribution is 2.38. The Morgan fingerprint density at radius 1 is 1.18 bits per heavy atom. The van der Waals surface area contributed by atoms with Crippen molar-refractivity contribution in [2.24, 2.45) is 0 Å². The van der Waals surface area contributed by atoms with Crippen LogP contribution in [-0.4, -0.2) is 79.6 Å². The Morgan fingerprint density at radius 2 is 1.93 bits per heavy atom. The number of carbonyl (C=O) groups is 2. The monoisotopic (exact) mass is 424 g/mol. The number of likely N-dealkylation sites (N-methyl/N-ethyl adjacent to an activating group) is 1. The average Bonchev–Trinajstić information content (AvgIpc) is 3.01. The van der Waals surface area contributed by atoms with Crippen LogP contribution in [0.3, 0.4) is 0 Å². The van der Waals surface area contributed by atoms with Crippen molar-refractivity contribution in [2.45, 2.75) is 6.04 Å². The second kappa shape index (κ2) is 7.91. The van der Waals surface area contributed by atoms with Gasteiger partial charge in [0.25, 0.3) is 5.91 Å². The molecule has 1 fully saturated rings. The second-order valence-corrected chi connectivity index (χ2v) is 7.99. The minimum absolute atomic E-state index is 0.0638. The van der Waals surface area contributed by atoms with Crippen molar-refractivity contribution in [3.05, 3.63) is 45.1 Å². The average molecular weight is 425 g/mol. The third-order valence-electron chi connectivity index (χ3n) is 5.50. The number of urea groups is 1. The molecule has 1 aromatic carbocycles. The fourth-order valence-corrected chi connectivity index (χ4v) is 4.38. The molecule has 7 nitrogen and oxygen atoms in total. The van der Waals surface area contributed by atoms with Gasteiger partial charge in [0.05, 0.1) is 37.1 Å². The number of halogens is 2. The molecular formula is C19H22Cl2N4O3. The van der Waals surface area contributed by atoms with Gasteiger partial charge in [0.15, 0.2) is 0 Å². The number of hydrogen-bond donors (Lipinski definition) is 1. The van der Waals surface area contributed by atoms with Crippen LogP contribution in [0.2, 0.25) is 10.0 Å². The number of ether oxygens (including phenoxy) is 1. The fraction of sp³-hybridized carbons (Fsp3) is 0.474. The van der Waals surface area contributed by atoms with Crippen molar-refractivity contribution in [3.8, 4) is 0 Å². The van der Waals surface area contributed by atoms with Gasteiger partial charge >= 0.3 is 6.03 Å². The summed E-state index contributed by atoms with van der Waals surface area (Å²) in [4.78, 5) is 31.3. The lowest BCUT2D eigenvalue weighted by Crippen LogP contribution is -2.45. The summed E-state index contributed by atoms with van der Waals surface area (Å²) in [7, 11) is 1.68. The van der Waals surface area contributed by atoms with E-state index in [4.69, 9.17) is 27.9 Å². The zero-order valence-electron chi connectivity index (χ0n) is 15.6. The third-order valence-corrected chi connectivity index (χ3v) is 6.06. The minimum atomic E-state index is -0.579. The van der Waals surface area contributed by atoms with Crippen LogP contribution >= 0.6 is 23.2 Å². The number of nitrogens with zero attached hydrogens (tertiary/aromatic N) is 3. The first-order chi connectivity index (χ1) is 13.5. The van der Waals surface area contributed by atoms with E-state index in [0.717, 1.165) is 38.5 Å². The molecule has 1 aromatic rings. The van der Waals surface area contributed by atoms with E-state index in [1.54, 1.807) is 30.1 Å². The first-order valence-electron chi connectivity index (χ1n) is 9.27. The molecule has 3 aliphatic heterocycles. The molecule has 4 rings (SSSR count). The van der Waals surface area contributed by atoms with Crippen LogP contribution in [-0.2, 0) is 9.53 Å². The van der Waals surface area contributed by atoms with E-state index >= 15 is 0 Å². The highest BCUT2D eigenvalue weighted by atomic mass is 35.5. The van der Waals surface area contributed by atoms with E-state index in [2.05, 4.69) is 10.2 Å². The summed E-state index contributed by atoms with van der Waals surface area (Å²) in [5.74, 6) is -0.0638. The van der Waals surface area contributed by atoms with Gasteiger partial charge in [-0.2, -0.15) is 0 Å². The zero-order valence-corrected chi connectivity index (χ0v) is 17.1. The van der Waals surface area contributed by atoms with E-state index in [9.17, 15) is 9.59 Å². The number of morpholine rings is 1. The molecule has 150 valence electrons. The van der Waals surface area contributed by atoms with E-state index in [1.165, 1.54) is 4.90 Å². The molecule has 1 atom stereocenters. The fourth-order valence-electron chi connectivity index (χ4n) is 3.86. The molecule has 0 bridgehead atoms. The topological polar surface area (TPSA) is 65.1 Å². The first-order valence-corrected chi connectivity index (χ1v) is 10.0. The molecule has 1 N–H and O–H groups in total. The number of rotatable bonds is 4. The largest absolute Gasteiger partial charge is 0.379 e. The zero-order chi connectivity index (χ0) is 19.8. The van der Waals surface area contributed by atoms with Gasteiger partial charge in [-0.25, -0.2) is 4.79 Å². The van der Waals surface area contributed by atoms with E-state index in [1.807, 2.05) is 0 Å². The molecule has 0 saturated carbocycles. The smallest absolute Gasteiger partial charge is 0.322 e. The van der Waals surface area contributed by atoms with Gasteiger partial charge in [0.2, 0.25) is 0 Å². The molecule has 0 aromatic heterocycles. The van der Waals surface area contributed by atoms with Gasteiger partial charge in [0.1, 0.15) is 0 Å². The van der Waals surface area contributed by atoms with Gasteiger partial charge < -0.3 is 15.0 Å². The molecule has 3 amide bonds. The maximum absolute atomic E-state index is 13.2. The second-order valence-electron chi connectivity index (χ2n) is 7.15. The molecule has 0 radical (unpaired) electrons. The first kappa shape index (κ1) is 19.5. The SMILES string of the molecule is CN1C(=O)NC(c2ccc(Cl)cc2Cl)C2=C1CN(CCN1CCOCC1)C2=O. The minimum Gasteiger partial charge on any atom is -0.379 e. The molecular weight excluding hydrogens is 403 g/mol. The Labute approximate surface area is 173 Å². The summed E-state index contributed by atoms with van der Waals surface area (Å²) in [5, 5.41) is 3.83. The Kier molecular flexibility index (Phi) is 5.51. The number of benzene rings is 1. The van der Waals surface area contributed by atoms with E-state index in [-0.39, 0.29) is 11.9 Å². The summed E-state index contributed by atoms with van der Waals surface area (Å²) in [6.07, 6.45) is 0. The molecule has 0 spiro atoms. The number of hydrogen-bond acceptors (Lipinski definition) is 4. The molecule has 9 heteroatoms. The predicted octanol–water partition coefficient (Wildman–Crippen LogP) is 2.12. The molecule has 0 aliphatic carbocycles. The Balaban J connectivity index is 1.57. The van der Waals surface area contributed by atoms with Crippen LogP contribution < -0.4 is 5.32 Å². The van der Waals surface area contributed by atoms with Crippen molar-refractivity contribution in [1.29, 1.82) is 0 Å². The lowest BCUT2D eigenvalue weighted by atomic mass is 9.95. The van der Waals surface area contributed by atoms with Gasteiger partial charge in [-0.3, -0.25) is 14.6 Å². The summed E-state index contributed by atoms with van der Waals surface area (Å²) in [6, 6.07) is 4.26. The standard InChI is InChI=1S/C19H22Cl2N4O3/c1-23-15-11-25(5-4-24-6-8-28-9-7-24)18(26)16(15)17(22-19(23)27)13-3-2-12(20)10-14(13)21/h2-3,10,17H,4-9,11H2,1H3,(H,22,27). The summed E-state index contributed by atoms with van der Waals surface area (Å²) in [5.41, 5.74) is 1.98. The normalized spacial score (nSPS) is 23.3. The summed E-state index contributed by atoms with van der Waals surface area (Å²) in [6.45, 7) is 5.00. The highest BCUT2D eigenvalue weighted by molar-refractivity contribution is 6.35. The maximum atomic E-state index is 13.2. The Morgan fingerprint density at radius 3 is 2.64 bits per heavy atom. The molecule has 1 unspecified atom stereocenters. The number of nitrogens with one attached hydrogen (secondary N) is 1. The molecule has 28 heavy (non-hydrogen) atoms. The van der Waals surface area contributed by atoms with Crippen molar-refractivity contribution >= 4 is 35.1 Å². The van der Waals surface area contributed by atoms with Crippen molar-refractivity contribution in [2.75, 3.05) is 53.0 Å². The van der Waals surface area contributed by atoms with Gasteiger partial charge in [0, 0.05) is 43.3 Å². The van der Waals surface area contributed by atoms with Crippen LogP contribution in [0, 0.1) is 0 Å². The lowest BCUT2D eigenvalue weighted by Gasteiger charge is -2.31. The highest BCUT2D eigenvalue weighted by Gasteiger charge is 2.43.